The van der Waals surface area contributed by atoms with Crippen LogP contribution in [0.2, 0.25) is 0 Å². The van der Waals surface area contributed by atoms with Crippen molar-refractivity contribution in [1.29, 1.82) is 0 Å². The van der Waals surface area contributed by atoms with Crippen molar-refractivity contribution in [2.45, 2.75) is 52.4 Å². The van der Waals surface area contributed by atoms with Crippen LogP contribution < -0.4 is 4.74 Å². The highest BCUT2D eigenvalue weighted by Gasteiger charge is 2.11. The molecule has 0 saturated heterocycles. The molecule has 0 amide bonds. The number of unbranched alkanes of at least 4 members (excludes halogenated alkanes) is 1. The summed E-state index contributed by atoms with van der Waals surface area (Å²) in [5.41, 5.74) is 5.13. The molecule has 136 valence electrons. The van der Waals surface area contributed by atoms with Gasteiger partial charge < -0.3 is 4.74 Å². The summed E-state index contributed by atoms with van der Waals surface area (Å²) in [7, 11) is 0. The second kappa shape index (κ2) is 8.84. The highest BCUT2D eigenvalue weighted by molar-refractivity contribution is 5.73. The summed E-state index contributed by atoms with van der Waals surface area (Å²) < 4.78 is 5.37. The van der Waals surface area contributed by atoms with Crippen LogP contribution in [-0.2, 0) is 4.79 Å². The first-order valence-electron chi connectivity index (χ1n) is 9.76. The maximum absolute atomic E-state index is 11.7. The van der Waals surface area contributed by atoms with Crippen molar-refractivity contribution >= 4 is 11.5 Å². The lowest BCUT2D eigenvalue weighted by Crippen LogP contribution is -2.07. The summed E-state index contributed by atoms with van der Waals surface area (Å²) in [6.07, 6.45) is 8.40. The standard InChI is InChI=1S/C24H28O2/c1-3-4-5-24(25)26-23-16-14-22(15-17-23)21-12-10-20(11-13-21)19-8-6-18(2)7-9-19/h8,10-18H,3-7,9H2,1-2H3. The van der Waals surface area contributed by atoms with Gasteiger partial charge in [-0.3, -0.25) is 4.79 Å². The molecule has 2 nitrogen and oxygen atoms in total. The minimum atomic E-state index is -0.154. The Morgan fingerprint density at radius 2 is 1.62 bits per heavy atom. The van der Waals surface area contributed by atoms with Gasteiger partial charge in [-0.25, -0.2) is 0 Å². The summed E-state index contributed by atoms with van der Waals surface area (Å²) in [6.45, 7) is 4.39. The molecule has 0 bridgehead atoms. The van der Waals surface area contributed by atoms with Gasteiger partial charge in [-0.2, -0.15) is 0 Å². The number of rotatable bonds is 6. The number of allylic oxidation sites excluding steroid dienone is 2. The van der Waals surface area contributed by atoms with Crippen LogP contribution in [0.1, 0.15) is 57.9 Å². The first kappa shape index (κ1) is 18.4. The molecule has 2 heteroatoms. The van der Waals surface area contributed by atoms with Crippen molar-refractivity contribution in [3.63, 3.8) is 0 Å². The number of esters is 1. The molecule has 26 heavy (non-hydrogen) atoms. The third-order valence-electron chi connectivity index (χ3n) is 5.08. The minimum absolute atomic E-state index is 0.154. The van der Waals surface area contributed by atoms with E-state index < -0.39 is 0 Å². The first-order chi connectivity index (χ1) is 12.7. The van der Waals surface area contributed by atoms with Gasteiger partial charge in [0, 0.05) is 6.42 Å². The van der Waals surface area contributed by atoms with Crippen molar-refractivity contribution in [3.8, 4) is 16.9 Å². The summed E-state index contributed by atoms with van der Waals surface area (Å²) in [5.74, 6) is 1.28. The van der Waals surface area contributed by atoms with Gasteiger partial charge in [0.1, 0.15) is 5.75 Å². The quantitative estimate of drug-likeness (QED) is 0.431. The molecule has 0 N–H and O–H groups in total. The fourth-order valence-corrected chi connectivity index (χ4v) is 3.32. The van der Waals surface area contributed by atoms with Gasteiger partial charge in [-0.15, -0.1) is 0 Å². The number of hydrogen-bond donors (Lipinski definition) is 0. The topological polar surface area (TPSA) is 26.3 Å². The molecule has 0 aromatic heterocycles. The van der Waals surface area contributed by atoms with E-state index in [4.69, 9.17) is 4.74 Å². The lowest BCUT2D eigenvalue weighted by Gasteiger charge is -2.18. The lowest BCUT2D eigenvalue weighted by molar-refractivity contribution is -0.134. The van der Waals surface area contributed by atoms with Crippen LogP contribution in [0.4, 0.5) is 0 Å². The van der Waals surface area contributed by atoms with E-state index in [1.54, 1.807) is 0 Å². The predicted molar refractivity (Wildman–Crippen MR) is 108 cm³/mol. The SMILES string of the molecule is CCCCC(=O)Oc1ccc(-c2ccc(C3=CCC(C)CC3)cc2)cc1. The number of carbonyl (C=O) groups is 1. The Bertz CT molecular complexity index is 754. The van der Waals surface area contributed by atoms with Crippen LogP contribution in [0.3, 0.4) is 0 Å². The van der Waals surface area contributed by atoms with Crippen molar-refractivity contribution in [2.75, 3.05) is 0 Å². The van der Waals surface area contributed by atoms with Crippen molar-refractivity contribution in [2.24, 2.45) is 5.92 Å². The highest BCUT2D eigenvalue weighted by Crippen LogP contribution is 2.31. The van der Waals surface area contributed by atoms with Crippen LogP contribution in [0.5, 0.6) is 5.75 Å². The molecule has 1 aliphatic rings. The molecular weight excluding hydrogens is 320 g/mol. The molecule has 1 unspecified atom stereocenters. The zero-order valence-electron chi connectivity index (χ0n) is 15.8. The summed E-state index contributed by atoms with van der Waals surface area (Å²) >= 11 is 0. The summed E-state index contributed by atoms with van der Waals surface area (Å²) in [6, 6.07) is 16.6. The number of hydrogen-bond acceptors (Lipinski definition) is 2. The Labute approximate surface area is 156 Å². The fourth-order valence-electron chi connectivity index (χ4n) is 3.32. The average molecular weight is 348 g/mol. The normalized spacial score (nSPS) is 16.8. The van der Waals surface area contributed by atoms with Gasteiger partial charge in [-0.1, -0.05) is 62.7 Å². The third kappa shape index (κ3) is 4.85. The second-order valence-electron chi connectivity index (χ2n) is 7.29. The van der Waals surface area contributed by atoms with Gasteiger partial charge in [0.2, 0.25) is 0 Å². The highest BCUT2D eigenvalue weighted by atomic mass is 16.5. The maximum Gasteiger partial charge on any atom is 0.311 e. The van der Waals surface area contributed by atoms with E-state index >= 15 is 0 Å². The molecule has 2 aromatic rings. The predicted octanol–water partition coefficient (Wildman–Crippen LogP) is 6.65. The van der Waals surface area contributed by atoms with Gasteiger partial charge in [0.15, 0.2) is 0 Å². The second-order valence-corrected chi connectivity index (χ2v) is 7.29. The van der Waals surface area contributed by atoms with Gasteiger partial charge >= 0.3 is 5.97 Å². The molecule has 0 radical (unpaired) electrons. The van der Waals surface area contributed by atoms with Crippen LogP contribution >= 0.6 is 0 Å². The Kier molecular flexibility index (Phi) is 6.27. The molecule has 0 fully saturated rings. The fraction of sp³-hybridized carbons (Fsp3) is 0.375. The first-order valence-corrected chi connectivity index (χ1v) is 9.76. The van der Waals surface area contributed by atoms with Crippen LogP contribution in [0.15, 0.2) is 54.6 Å². The van der Waals surface area contributed by atoms with Crippen LogP contribution in [-0.4, -0.2) is 5.97 Å². The molecule has 1 aliphatic carbocycles. The number of ether oxygens (including phenoxy) is 1. The average Bonchev–Trinajstić information content (AvgIpc) is 2.68. The monoisotopic (exact) mass is 348 g/mol. The van der Waals surface area contributed by atoms with E-state index in [2.05, 4.69) is 44.2 Å². The molecule has 0 saturated carbocycles. The maximum atomic E-state index is 11.7. The molecule has 2 aromatic carbocycles. The number of carbonyl (C=O) groups excluding carboxylic acids is 1. The largest absolute Gasteiger partial charge is 0.427 e. The van der Waals surface area contributed by atoms with Crippen molar-refractivity contribution in [1.82, 2.24) is 0 Å². The van der Waals surface area contributed by atoms with E-state index in [1.165, 1.54) is 36.0 Å². The van der Waals surface area contributed by atoms with Crippen molar-refractivity contribution in [3.05, 3.63) is 60.2 Å². The zero-order valence-corrected chi connectivity index (χ0v) is 15.8. The third-order valence-corrected chi connectivity index (χ3v) is 5.08. The van der Waals surface area contributed by atoms with Gasteiger partial charge in [0.05, 0.1) is 0 Å². The summed E-state index contributed by atoms with van der Waals surface area (Å²) in [4.78, 5) is 11.7. The molecule has 1 atom stereocenters. The Balaban J connectivity index is 1.65. The lowest BCUT2D eigenvalue weighted by atomic mass is 9.87. The smallest absolute Gasteiger partial charge is 0.311 e. The number of benzene rings is 2. The van der Waals surface area contributed by atoms with E-state index in [9.17, 15) is 4.79 Å². The Morgan fingerprint density at radius 3 is 2.19 bits per heavy atom. The van der Waals surface area contributed by atoms with Crippen molar-refractivity contribution < 1.29 is 9.53 Å². The summed E-state index contributed by atoms with van der Waals surface area (Å²) in [5, 5.41) is 0. The zero-order chi connectivity index (χ0) is 18.4. The van der Waals surface area contributed by atoms with E-state index in [0.717, 1.165) is 24.3 Å². The Hall–Kier alpha value is -2.35. The van der Waals surface area contributed by atoms with E-state index in [-0.39, 0.29) is 5.97 Å². The van der Waals surface area contributed by atoms with E-state index in [0.29, 0.717) is 12.2 Å². The van der Waals surface area contributed by atoms with Gasteiger partial charge in [-0.05, 0) is 66.0 Å². The van der Waals surface area contributed by atoms with Gasteiger partial charge in [0.25, 0.3) is 0 Å². The molecule has 0 aliphatic heterocycles. The molecule has 0 spiro atoms. The molecule has 3 rings (SSSR count). The van der Waals surface area contributed by atoms with Crippen LogP contribution in [0.25, 0.3) is 16.7 Å². The van der Waals surface area contributed by atoms with Crippen LogP contribution in [0, 0.1) is 5.92 Å². The molecular formula is C24H28O2. The molecule has 0 heterocycles. The minimum Gasteiger partial charge on any atom is -0.427 e. The van der Waals surface area contributed by atoms with E-state index in [1.807, 2.05) is 24.3 Å². The Morgan fingerprint density at radius 1 is 1.00 bits per heavy atom.